The summed E-state index contributed by atoms with van der Waals surface area (Å²) in [4.78, 5) is 0. The smallest absolute Gasteiger partial charge is 0.142 e. The van der Waals surface area contributed by atoms with Gasteiger partial charge in [0, 0.05) is 12.5 Å². The number of nitrogens with zero attached hydrogens (tertiary/aromatic N) is 1. The van der Waals surface area contributed by atoms with Crippen LogP contribution in [0.1, 0.15) is 19.8 Å². The molecular formula is C12H18N2O3. The zero-order valence-corrected chi connectivity index (χ0v) is 10.1. The molecule has 0 aliphatic rings. The zero-order valence-electron chi connectivity index (χ0n) is 10.1. The predicted octanol–water partition coefficient (Wildman–Crippen LogP) is 1.99. The highest BCUT2D eigenvalue weighted by atomic mass is 16.5. The van der Waals surface area contributed by atoms with E-state index in [1.54, 1.807) is 13.2 Å². The summed E-state index contributed by atoms with van der Waals surface area (Å²) in [6, 6.07) is 7.34. The first-order chi connectivity index (χ1) is 8.19. The van der Waals surface area contributed by atoms with Gasteiger partial charge < -0.3 is 20.4 Å². The maximum absolute atomic E-state index is 8.51. The Morgan fingerprint density at radius 2 is 2.18 bits per heavy atom. The van der Waals surface area contributed by atoms with Crippen molar-refractivity contribution in [3.63, 3.8) is 0 Å². The van der Waals surface area contributed by atoms with E-state index >= 15 is 0 Å². The normalized spacial score (nSPS) is 13.2. The van der Waals surface area contributed by atoms with Crippen LogP contribution in [0.2, 0.25) is 0 Å². The second-order valence-electron chi connectivity index (χ2n) is 3.62. The molecule has 1 atom stereocenters. The third kappa shape index (κ3) is 4.22. The van der Waals surface area contributed by atoms with Gasteiger partial charge in [-0.25, -0.2) is 0 Å². The van der Waals surface area contributed by atoms with Crippen LogP contribution < -0.4 is 15.2 Å². The summed E-state index contributed by atoms with van der Waals surface area (Å²) < 4.78 is 10.8. The van der Waals surface area contributed by atoms with E-state index in [4.69, 9.17) is 20.4 Å². The molecule has 5 heteroatoms. The Labute approximate surface area is 101 Å². The molecule has 0 radical (unpaired) electrons. The van der Waals surface area contributed by atoms with E-state index in [1.165, 1.54) is 0 Å². The zero-order chi connectivity index (χ0) is 12.7. The molecule has 17 heavy (non-hydrogen) atoms. The van der Waals surface area contributed by atoms with Crippen molar-refractivity contribution in [1.82, 2.24) is 0 Å². The van der Waals surface area contributed by atoms with Crippen molar-refractivity contribution in [3.05, 3.63) is 24.3 Å². The predicted molar refractivity (Wildman–Crippen MR) is 65.7 cm³/mol. The van der Waals surface area contributed by atoms with Gasteiger partial charge in [-0.3, -0.25) is 0 Å². The maximum atomic E-state index is 8.51. The second kappa shape index (κ2) is 6.62. The van der Waals surface area contributed by atoms with Gasteiger partial charge in [-0.15, -0.1) is 0 Å². The van der Waals surface area contributed by atoms with Crippen molar-refractivity contribution >= 4 is 5.84 Å². The first-order valence-corrected chi connectivity index (χ1v) is 5.46. The number of rotatable bonds is 6. The van der Waals surface area contributed by atoms with Crippen LogP contribution in [-0.4, -0.2) is 24.3 Å². The van der Waals surface area contributed by atoms with E-state index in [1.807, 2.05) is 25.1 Å². The van der Waals surface area contributed by atoms with Gasteiger partial charge in [-0.2, -0.15) is 0 Å². The quantitative estimate of drug-likeness (QED) is 0.344. The molecule has 5 nitrogen and oxygen atoms in total. The van der Waals surface area contributed by atoms with Gasteiger partial charge in [0.05, 0.1) is 7.11 Å². The summed E-state index contributed by atoms with van der Waals surface area (Å²) in [6.07, 6.45) is 1.05. The summed E-state index contributed by atoms with van der Waals surface area (Å²) in [6.45, 7) is 1.98. The lowest BCUT2D eigenvalue weighted by atomic mass is 10.2. The minimum atomic E-state index is -0.113. The minimum Gasteiger partial charge on any atom is -0.497 e. The molecule has 0 spiro atoms. The van der Waals surface area contributed by atoms with Crippen LogP contribution in [0.3, 0.4) is 0 Å². The first-order valence-electron chi connectivity index (χ1n) is 5.46. The molecule has 1 aromatic carbocycles. The molecule has 0 fully saturated rings. The summed E-state index contributed by atoms with van der Waals surface area (Å²) >= 11 is 0. The topological polar surface area (TPSA) is 77.1 Å². The molecule has 1 rings (SSSR count). The van der Waals surface area contributed by atoms with Crippen molar-refractivity contribution < 1.29 is 14.7 Å². The molecular weight excluding hydrogens is 220 g/mol. The fraction of sp³-hybridized carbons (Fsp3) is 0.417. The van der Waals surface area contributed by atoms with Crippen molar-refractivity contribution in [2.24, 2.45) is 10.9 Å². The summed E-state index contributed by atoms with van der Waals surface area (Å²) in [5.41, 5.74) is 5.45. The largest absolute Gasteiger partial charge is 0.497 e. The fourth-order valence-electron chi connectivity index (χ4n) is 1.41. The van der Waals surface area contributed by atoms with E-state index in [-0.39, 0.29) is 11.9 Å². The Balaban J connectivity index is 2.66. The molecule has 0 bridgehead atoms. The highest BCUT2D eigenvalue weighted by Gasteiger charge is 2.11. The molecule has 0 heterocycles. The number of hydrogen-bond acceptors (Lipinski definition) is 4. The lowest BCUT2D eigenvalue weighted by Gasteiger charge is -2.17. The molecule has 1 unspecified atom stereocenters. The Morgan fingerprint density at radius 1 is 1.47 bits per heavy atom. The molecule has 1 aromatic rings. The van der Waals surface area contributed by atoms with Crippen molar-refractivity contribution in [2.45, 2.75) is 25.9 Å². The number of ether oxygens (including phenoxy) is 2. The highest BCUT2D eigenvalue weighted by Crippen LogP contribution is 2.21. The van der Waals surface area contributed by atoms with Crippen molar-refractivity contribution in [2.75, 3.05) is 7.11 Å². The lowest BCUT2D eigenvalue weighted by Crippen LogP contribution is -2.24. The number of oxime groups is 1. The van der Waals surface area contributed by atoms with Gasteiger partial charge in [0.25, 0.3) is 0 Å². The van der Waals surface area contributed by atoms with Crippen LogP contribution in [0.15, 0.2) is 29.4 Å². The minimum absolute atomic E-state index is 0.113. The molecule has 3 N–H and O–H groups in total. The van der Waals surface area contributed by atoms with Gasteiger partial charge in [0.15, 0.2) is 0 Å². The third-order valence-corrected chi connectivity index (χ3v) is 2.36. The molecule has 0 aliphatic heterocycles. The van der Waals surface area contributed by atoms with E-state index < -0.39 is 0 Å². The van der Waals surface area contributed by atoms with Crippen LogP contribution in [0, 0.1) is 0 Å². The number of benzene rings is 1. The van der Waals surface area contributed by atoms with Crippen molar-refractivity contribution in [3.8, 4) is 11.5 Å². The number of nitrogens with two attached hydrogens (primary N) is 1. The highest BCUT2D eigenvalue weighted by molar-refractivity contribution is 5.80. The molecule has 0 aromatic heterocycles. The number of methoxy groups -OCH3 is 1. The van der Waals surface area contributed by atoms with Crippen LogP contribution >= 0.6 is 0 Å². The van der Waals surface area contributed by atoms with E-state index in [0.29, 0.717) is 12.2 Å². The summed E-state index contributed by atoms with van der Waals surface area (Å²) in [5.74, 6) is 1.61. The van der Waals surface area contributed by atoms with Gasteiger partial charge in [-0.05, 0) is 18.6 Å². The van der Waals surface area contributed by atoms with Gasteiger partial charge in [0.2, 0.25) is 0 Å². The van der Waals surface area contributed by atoms with Crippen molar-refractivity contribution in [1.29, 1.82) is 0 Å². The summed E-state index contributed by atoms with van der Waals surface area (Å²) in [7, 11) is 1.60. The SMILES string of the molecule is CCC(C/C(N)=N/O)Oc1cccc(OC)c1. The van der Waals surface area contributed by atoms with Crippen LogP contribution in [0.25, 0.3) is 0 Å². The fourth-order valence-corrected chi connectivity index (χ4v) is 1.41. The molecule has 0 saturated carbocycles. The average molecular weight is 238 g/mol. The Hall–Kier alpha value is -1.91. The van der Waals surface area contributed by atoms with Gasteiger partial charge >= 0.3 is 0 Å². The van der Waals surface area contributed by atoms with Crippen LogP contribution in [0.5, 0.6) is 11.5 Å². The molecule has 0 saturated heterocycles. The number of hydrogen-bond donors (Lipinski definition) is 2. The third-order valence-electron chi connectivity index (χ3n) is 2.36. The monoisotopic (exact) mass is 238 g/mol. The first kappa shape index (κ1) is 13.2. The second-order valence-corrected chi connectivity index (χ2v) is 3.62. The molecule has 0 amide bonds. The lowest BCUT2D eigenvalue weighted by molar-refractivity contribution is 0.201. The van der Waals surface area contributed by atoms with Gasteiger partial charge in [0.1, 0.15) is 23.4 Å². The Morgan fingerprint density at radius 3 is 2.76 bits per heavy atom. The molecule has 0 aliphatic carbocycles. The van der Waals surface area contributed by atoms with E-state index in [2.05, 4.69) is 5.16 Å². The Kier molecular flexibility index (Phi) is 5.13. The van der Waals surface area contributed by atoms with E-state index in [0.717, 1.165) is 12.2 Å². The standard InChI is InChI=1S/C12H18N2O3/c1-3-9(8-12(13)14-15)17-11-6-4-5-10(7-11)16-2/h4-7,9,15H,3,8H2,1-2H3,(H2,13,14). The van der Waals surface area contributed by atoms with Crippen LogP contribution in [0.4, 0.5) is 0 Å². The summed E-state index contributed by atoms with van der Waals surface area (Å²) in [5, 5.41) is 11.5. The maximum Gasteiger partial charge on any atom is 0.142 e. The van der Waals surface area contributed by atoms with E-state index in [9.17, 15) is 0 Å². The van der Waals surface area contributed by atoms with Crippen LogP contribution in [-0.2, 0) is 0 Å². The average Bonchev–Trinajstić information content (AvgIpc) is 2.37. The Bertz CT molecular complexity index is 380. The van der Waals surface area contributed by atoms with Gasteiger partial charge in [-0.1, -0.05) is 18.1 Å². The molecule has 94 valence electrons. The number of amidine groups is 1.